The normalized spacial score (nSPS) is 17.6. The molecule has 9 heteroatoms. The van der Waals surface area contributed by atoms with E-state index < -0.39 is 0 Å². The van der Waals surface area contributed by atoms with Crippen LogP contribution in [0.25, 0.3) is 6.08 Å². The Morgan fingerprint density at radius 2 is 1.74 bits per heavy atom. The molecule has 0 spiro atoms. The zero-order chi connectivity index (χ0) is 25.3. The van der Waals surface area contributed by atoms with Crippen molar-refractivity contribution in [3.63, 3.8) is 0 Å². The minimum atomic E-state index is -0.292. The molecule has 2 aromatic rings. The van der Waals surface area contributed by atoms with E-state index in [4.69, 9.17) is 12.2 Å². The van der Waals surface area contributed by atoms with E-state index in [9.17, 15) is 14.9 Å². The molecule has 3 heterocycles. The molecular formula is C26H29N5O2S2. The van der Waals surface area contributed by atoms with Crippen molar-refractivity contribution in [1.29, 1.82) is 5.26 Å². The number of nitriles is 1. The zero-order valence-corrected chi connectivity index (χ0v) is 22.1. The number of carbonyl (C=O) groups excluding carboxylic acids is 1. The van der Waals surface area contributed by atoms with Gasteiger partial charge in [0, 0.05) is 50.0 Å². The number of hydrogen-bond donors (Lipinski definition) is 0. The molecule has 0 saturated carbocycles. The second-order valence-electron chi connectivity index (χ2n) is 8.85. The molecule has 2 aliphatic rings. The van der Waals surface area contributed by atoms with Crippen molar-refractivity contribution in [2.24, 2.45) is 0 Å². The number of carbonyl (C=O) groups is 1. The molecule has 7 nitrogen and oxygen atoms in total. The van der Waals surface area contributed by atoms with E-state index in [1.807, 2.05) is 45.0 Å². The van der Waals surface area contributed by atoms with Crippen LogP contribution in [-0.4, -0.2) is 51.9 Å². The maximum atomic E-state index is 13.2. The van der Waals surface area contributed by atoms with Gasteiger partial charge in [0.1, 0.15) is 21.8 Å². The number of para-hydroxylation sites is 1. The van der Waals surface area contributed by atoms with Crippen LogP contribution in [0.1, 0.15) is 37.5 Å². The number of aromatic nitrogens is 1. The summed E-state index contributed by atoms with van der Waals surface area (Å²) in [6.45, 7) is 11.0. The first-order chi connectivity index (χ1) is 16.8. The van der Waals surface area contributed by atoms with Gasteiger partial charge in [-0.3, -0.25) is 19.1 Å². The Morgan fingerprint density at radius 1 is 1.11 bits per heavy atom. The second-order valence-corrected chi connectivity index (χ2v) is 10.5. The van der Waals surface area contributed by atoms with E-state index in [0.717, 1.165) is 24.5 Å². The Labute approximate surface area is 215 Å². The van der Waals surface area contributed by atoms with Gasteiger partial charge in [-0.15, -0.1) is 0 Å². The third-order valence-electron chi connectivity index (χ3n) is 6.48. The van der Waals surface area contributed by atoms with Crippen LogP contribution in [-0.2, 0) is 11.3 Å². The molecule has 4 rings (SSSR count). The Bertz CT molecular complexity index is 1290. The Morgan fingerprint density at radius 3 is 2.29 bits per heavy atom. The van der Waals surface area contributed by atoms with Gasteiger partial charge in [-0.05, 0) is 51.5 Å². The third-order valence-corrected chi connectivity index (χ3v) is 7.81. The predicted octanol–water partition coefficient (Wildman–Crippen LogP) is 3.98. The van der Waals surface area contributed by atoms with Crippen LogP contribution in [0.3, 0.4) is 0 Å². The van der Waals surface area contributed by atoms with Crippen molar-refractivity contribution < 1.29 is 4.79 Å². The SMILES string of the molecule is CCn1c(N2CCN(c3ccccc3)CC2)c(/C=C2/SC(=S)N(C(C)C)C2=O)c(C)c(C#N)c1=O. The summed E-state index contributed by atoms with van der Waals surface area (Å²) in [4.78, 5) is 33.0. The molecule has 1 amide bonds. The number of rotatable bonds is 5. The molecule has 0 aliphatic carbocycles. The molecule has 0 N–H and O–H groups in total. The summed E-state index contributed by atoms with van der Waals surface area (Å²) >= 11 is 6.73. The van der Waals surface area contributed by atoms with Crippen molar-refractivity contribution in [1.82, 2.24) is 9.47 Å². The van der Waals surface area contributed by atoms with Crippen LogP contribution < -0.4 is 15.4 Å². The van der Waals surface area contributed by atoms with Gasteiger partial charge in [-0.1, -0.05) is 42.2 Å². The average Bonchev–Trinajstić information content (AvgIpc) is 3.14. The van der Waals surface area contributed by atoms with Gasteiger partial charge in [-0.2, -0.15) is 5.26 Å². The van der Waals surface area contributed by atoms with E-state index >= 15 is 0 Å². The summed E-state index contributed by atoms with van der Waals surface area (Å²) < 4.78 is 2.19. The number of hydrogen-bond acceptors (Lipinski definition) is 7. The first-order valence-corrected chi connectivity index (χ1v) is 13.0. The number of thiocarbonyl (C=S) groups is 1. The van der Waals surface area contributed by atoms with Crippen LogP contribution in [0.15, 0.2) is 40.0 Å². The van der Waals surface area contributed by atoms with Crippen molar-refractivity contribution in [2.45, 2.75) is 40.3 Å². The molecule has 2 fully saturated rings. The lowest BCUT2D eigenvalue weighted by atomic mass is 10.0. The van der Waals surface area contributed by atoms with Gasteiger partial charge in [0.15, 0.2) is 0 Å². The minimum Gasteiger partial charge on any atom is -0.368 e. The smallest absolute Gasteiger partial charge is 0.270 e. The topological polar surface area (TPSA) is 72.6 Å². The minimum absolute atomic E-state index is 0.0423. The highest BCUT2D eigenvalue weighted by Crippen LogP contribution is 2.37. The highest BCUT2D eigenvalue weighted by Gasteiger charge is 2.35. The van der Waals surface area contributed by atoms with E-state index in [1.165, 1.54) is 17.4 Å². The van der Waals surface area contributed by atoms with Crippen LogP contribution in [0.5, 0.6) is 0 Å². The zero-order valence-electron chi connectivity index (χ0n) is 20.4. The Kier molecular flexibility index (Phi) is 7.33. The summed E-state index contributed by atoms with van der Waals surface area (Å²) in [5.74, 6) is 0.624. The molecule has 35 heavy (non-hydrogen) atoms. The Hall–Kier alpha value is -3.09. The fourth-order valence-corrected chi connectivity index (χ4v) is 6.16. The number of anilines is 2. The molecule has 2 aliphatic heterocycles. The Balaban J connectivity index is 1.79. The van der Waals surface area contributed by atoms with Crippen molar-refractivity contribution in [2.75, 3.05) is 36.0 Å². The first-order valence-electron chi connectivity index (χ1n) is 11.8. The first kappa shape index (κ1) is 25.0. The fraction of sp³-hybridized carbons (Fsp3) is 0.385. The number of piperazine rings is 1. The standard InChI is InChI=1S/C26H29N5O2S2/c1-5-30-23(29-13-11-28(12-14-29)19-9-7-6-8-10-19)20(18(4)21(16-27)24(30)32)15-22-25(33)31(17(2)3)26(34)35-22/h6-10,15,17H,5,11-14H2,1-4H3/b22-15+. The number of thioether (sulfide) groups is 1. The van der Waals surface area contributed by atoms with Gasteiger partial charge in [0.05, 0.1) is 4.91 Å². The number of pyridine rings is 1. The van der Waals surface area contributed by atoms with Crippen LogP contribution in [0, 0.1) is 18.3 Å². The molecule has 0 bridgehead atoms. The number of benzene rings is 1. The van der Waals surface area contributed by atoms with Gasteiger partial charge < -0.3 is 9.80 Å². The molecule has 0 radical (unpaired) electrons. The maximum absolute atomic E-state index is 13.2. The molecule has 0 unspecified atom stereocenters. The highest BCUT2D eigenvalue weighted by molar-refractivity contribution is 8.26. The summed E-state index contributed by atoms with van der Waals surface area (Å²) in [5.41, 5.74) is 2.33. The lowest BCUT2D eigenvalue weighted by Crippen LogP contribution is -2.48. The van der Waals surface area contributed by atoms with Crippen molar-refractivity contribution >= 4 is 51.8 Å². The largest absolute Gasteiger partial charge is 0.368 e. The molecule has 0 atom stereocenters. The van der Waals surface area contributed by atoms with Crippen molar-refractivity contribution in [3.8, 4) is 6.07 Å². The van der Waals surface area contributed by atoms with E-state index in [-0.39, 0.29) is 23.1 Å². The quantitative estimate of drug-likeness (QED) is 0.448. The molecule has 1 aromatic carbocycles. The van der Waals surface area contributed by atoms with Gasteiger partial charge in [0.25, 0.3) is 11.5 Å². The summed E-state index contributed by atoms with van der Waals surface area (Å²) in [6, 6.07) is 12.3. The van der Waals surface area contributed by atoms with Crippen LogP contribution >= 0.6 is 24.0 Å². The van der Waals surface area contributed by atoms with Crippen LogP contribution in [0.4, 0.5) is 11.5 Å². The third kappa shape index (κ3) is 4.60. The van der Waals surface area contributed by atoms with Crippen LogP contribution in [0.2, 0.25) is 0 Å². The van der Waals surface area contributed by atoms with Gasteiger partial charge in [0.2, 0.25) is 0 Å². The lowest BCUT2D eigenvalue weighted by Gasteiger charge is -2.39. The highest BCUT2D eigenvalue weighted by atomic mass is 32.2. The maximum Gasteiger partial charge on any atom is 0.270 e. The monoisotopic (exact) mass is 507 g/mol. The summed E-state index contributed by atoms with van der Waals surface area (Å²) in [5, 5.41) is 9.77. The van der Waals surface area contributed by atoms with E-state index in [0.29, 0.717) is 34.4 Å². The number of nitrogens with zero attached hydrogens (tertiary/aromatic N) is 5. The predicted molar refractivity (Wildman–Crippen MR) is 147 cm³/mol. The molecule has 182 valence electrons. The molecular weight excluding hydrogens is 478 g/mol. The van der Waals surface area contributed by atoms with Crippen molar-refractivity contribution in [3.05, 3.63) is 62.3 Å². The summed E-state index contributed by atoms with van der Waals surface area (Å²) in [7, 11) is 0. The van der Waals surface area contributed by atoms with Gasteiger partial charge in [-0.25, -0.2) is 0 Å². The number of amides is 1. The lowest BCUT2D eigenvalue weighted by molar-refractivity contribution is -0.123. The second kappa shape index (κ2) is 10.3. The molecule has 2 saturated heterocycles. The molecule has 1 aromatic heterocycles. The average molecular weight is 508 g/mol. The van der Waals surface area contributed by atoms with Gasteiger partial charge >= 0.3 is 0 Å². The van der Waals surface area contributed by atoms with E-state index in [1.54, 1.807) is 16.4 Å². The summed E-state index contributed by atoms with van der Waals surface area (Å²) in [6.07, 6.45) is 1.82. The fourth-order valence-electron chi connectivity index (χ4n) is 4.65. The van der Waals surface area contributed by atoms with E-state index in [2.05, 4.69) is 28.0 Å².